The number of nitro benzene ring substituents is 1. The minimum atomic E-state index is -1.06. The third kappa shape index (κ3) is 4.85. The number of Topliss-reactive ketones (excluding diaryl/α,β-unsaturated/α-hetero) is 1. The van der Waals surface area contributed by atoms with Crippen LogP contribution in [0.25, 0.3) is 5.76 Å². The highest BCUT2D eigenvalue weighted by molar-refractivity contribution is 6.46. The highest BCUT2D eigenvalue weighted by atomic mass is 16.6. The number of non-ortho nitro benzene ring substituents is 1. The van der Waals surface area contributed by atoms with Crippen molar-refractivity contribution in [3.05, 3.63) is 69.3 Å². The molecular weight excluding hydrogens is 448 g/mol. The molecule has 180 valence electrons. The molecule has 1 unspecified atom stereocenters. The van der Waals surface area contributed by atoms with Gasteiger partial charge in [0.15, 0.2) is 0 Å². The Bertz CT molecular complexity index is 1130. The third-order valence-electron chi connectivity index (χ3n) is 5.32. The minimum Gasteiger partial charge on any atom is -0.507 e. The summed E-state index contributed by atoms with van der Waals surface area (Å²) < 4.78 is 15.9. The molecule has 1 fully saturated rings. The number of ketones is 1. The molecule has 0 bridgehead atoms. The average molecular weight is 472 g/mol. The van der Waals surface area contributed by atoms with E-state index in [-0.39, 0.29) is 43.2 Å². The van der Waals surface area contributed by atoms with Crippen LogP contribution in [0, 0.1) is 10.1 Å². The lowest BCUT2D eigenvalue weighted by Crippen LogP contribution is -2.33. The van der Waals surface area contributed by atoms with Crippen molar-refractivity contribution < 1.29 is 38.9 Å². The Hall–Kier alpha value is -3.96. The van der Waals surface area contributed by atoms with E-state index in [2.05, 4.69) is 0 Å². The van der Waals surface area contributed by atoms with Crippen molar-refractivity contribution in [2.75, 3.05) is 40.6 Å². The van der Waals surface area contributed by atoms with Gasteiger partial charge in [0.05, 0.1) is 50.6 Å². The number of carbonyl (C=O) groups is 2. The molecule has 0 aliphatic carbocycles. The molecule has 11 nitrogen and oxygen atoms in total. The van der Waals surface area contributed by atoms with Gasteiger partial charge in [-0.05, 0) is 12.1 Å². The lowest BCUT2D eigenvalue weighted by Gasteiger charge is -2.26. The zero-order valence-electron chi connectivity index (χ0n) is 18.6. The molecule has 1 aliphatic heterocycles. The molecule has 1 amide bonds. The van der Waals surface area contributed by atoms with Gasteiger partial charge in [0.1, 0.15) is 17.3 Å². The summed E-state index contributed by atoms with van der Waals surface area (Å²) in [6, 6.07) is 8.89. The lowest BCUT2D eigenvalue weighted by molar-refractivity contribution is -0.384. The first-order chi connectivity index (χ1) is 16.3. The van der Waals surface area contributed by atoms with Gasteiger partial charge >= 0.3 is 0 Å². The van der Waals surface area contributed by atoms with Crippen molar-refractivity contribution >= 4 is 23.1 Å². The Morgan fingerprint density at radius 1 is 1.12 bits per heavy atom. The number of ether oxygens (including phenoxy) is 3. The van der Waals surface area contributed by atoms with Gasteiger partial charge in [-0.1, -0.05) is 12.1 Å². The first-order valence-corrected chi connectivity index (χ1v) is 10.3. The highest BCUT2D eigenvalue weighted by Crippen LogP contribution is 2.43. The Morgan fingerprint density at radius 3 is 2.53 bits per heavy atom. The summed E-state index contributed by atoms with van der Waals surface area (Å²) in [5, 5.41) is 31.2. The van der Waals surface area contributed by atoms with Gasteiger partial charge in [0.2, 0.25) is 0 Å². The topological polar surface area (TPSA) is 149 Å². The largest absolute Gasteiger partial charge is 0.507 e. The number of aliphatic hydroxyl groups excluding tert-OH is 2. The van der Waals surface area contributed by atoms with Crippen molar-refractivity contribution in [1.29, 1.82) is 0 Å². The van der Waals surface area contributed by atoms with Crippen LogP contribution in [0.3, 0.4) is 0 Å². The monoisotopic (exact) mass is 472 g/mol. The normalized spacial score (nSPS) is 17.1. The number of likely N-dealkylation sites (tertiary alicyclic amines) is 1. The van der Waals surface area contributed by atoms with Crippen LogP contribution in [-0.2, 0) is 14.3 Å². The summed E-state index contributed by atoms with van der Waals surface area (Å²) in [6.07, 6.45) is 0. The maximum atomic E-state index is 13.1. The fourth-order valence-corrected chi connectivity index (χ4v) is 3.73. The van der Waals surface area contributed by atoms with Gasteiger partial charge in [0.25, 0.3) is 17.4 Å². The molecular formula is C23H24N2O9. The molecule has 0 radical (unpaired) electrons. The van der Waals surface area contributed by atoms with Crippen molar-refractivity contribution in [2.24, 2.45) is 0 Å². The van der Waals surface area contributed by atoms with Crippen molar-refractivity contribution in [2.45, 2.75) is 6.04 Å². The second kappa shape index (κ2) is 10.8. The van der Waals surface area contributed by atoms with Crippen molar-refractivity contribution in [3.63, 3.8) is 0 Å². The first kappa shape index (κ1) is 24.7. The molecule has 0 spiro atoms. The number of carbonyl (C=O) groups excluding carboxylic acids is 2. The number of hydrogen-bond donors (Lipinski definition) is 2. The van der Waals surface area contributed by atoms with Crippen LogP contribution in [0.1, 0.15) is 17.2 Å². The highest BCUT2D eigenvalue weighted by Gasteiger charge is 2.47. The number of nitrogens with zero attached hydrogens (tertiary/aromatic N) is 2. The van der Waals surface area contributed by atoms with E-state index >= 15 is 0 Å². The summed E-state index contributed by atoms with van der Waals surface area (Å²) in [7, 11) is 2.89. The van der Waals surface area contributed by atoms with E-state index in [1.165, 1.54) is 37.3 Å². The third-order valence-corrected chi connectivity index (χ3v) is 5.32. The Kier molecular flexibility index (Phi) is 7.82. The van der Waals surface area contributed by atoms with E-state index in [0.717, 1.165) is 6.07 Å². The smallest absolute Gasteiger partial charge is 0.295 e. The Labute approximate surface area is 194 Å². The molecule has 2 N–H and O–H groups in total. The van der Waals surface area contributed by atoms with Gasteiger partial charge in [-0.25, -0.2) is 0 Å². The van der Waals surface area contributed by atoms with Crippen LogP contribution in [0.2, 0.25) is 0 Å². The molecule has 2 aromatic rings. The molecule has 3 rings (SSSR count). The molecule has 2 aromatic carbocycles. The van der Waals surface area contributed by atoms with E-state index in [1.54, 1.807) is 18.2 Å². The second-order valence-electron chi connectivity index (χ2n) is 7.24. The fourth-order valence-electron chi connectivity index (χ4n) is 3.73. The molecule has 1 atom stereocenters. The molecule has 34 heavy (non-hydrogen) atoms. The Morgan fingerprint density at radius 2 is 1.88 bits per heavy atom. The maximum Gasteiger partial charge on any atom is 0.295 e. The predicted octanol–water partition coefficient (Wildman–Crippen LogP) is 2.04. The van der Waals surface area contributed by atoms with Gasteiger partial charge < -0.3 is 29.3 Å². The summed E-state index contributed by atoms with van der Waals surface area (Å²) in [6.45, 7) is -0.148. The van der Waals surface area contributed by atoms with E-state index in [1.807, 2.05) is 0 Å². The fraction of sp³-hybridized carbons (Fsp3) is 0.304. The number of benzene rings is 2. The van der Waals surface area contributed by atoms with Crippen molar-refractivity contribution in [3.8, 4) is 11.5 Å². The summed E-state index contributed by atoms with van der Waals surface area (Å²) in [5.41, 5.74) is -0.108. The van der Waals surface area contributed by atoms with Crippen LogP contribution in [-0.4, -0.2) is 72.3 Å². The maximum absolute atomic E-state index is 13.1. The zero-order valence-corrected chi connectivity index (χ0v) is 18.6. The summed E-state index contributed by atoms with van der Waals surface area (Å²) in [4.78, 5) is 37.8. The predicted molar refractivity (Wildman–Crippen MR) is 120 cm³/mol. The van der Waals surface area contributed by atoms with Crippen LogP contribution >= 0.6 is 0 Å². The average Bonchev–Trinajstić information content (AvgIpc) is 3.10. The number of amides is 1. The first-order valence-electron chi connectivity index (χ1n) is 10.3. The molecule has 0 aromatic heterocycles. The molecule has 0 saturated carbocycles. The summed E-state index contributed by atoms with van der Waals surface area (Å²) >= 11 is 0. The molecule has 11 heteroatoms. The quantitative estimate of drug-likeness (QED) is 0.132. The summed E-state index contributed by atoms with van der Waals surface area (Å²) in [5.74, 6) is -1.60. The van der Waals surface area contributed by atoms with Gasteiger partial charge in [-0.2, -0.15) is 0 Å². The van der Waals surface area contributed by atoms with Crippen molar-refractivity contribution in [1.82, 2.24) is 4.90 Å². The number of hydrogen-bond acceptors (Lipinski definition) is 9. The van der Waals surface area contributed by atoms with E-state index in [4.69, 9.17) is 19.3 Å². The van der Waals surface area contributed by atoms with E-state index in [9.17, 15) is 24.8 Å². The lowest BCUT2D eigenvalue weighted by atomic mass is 9.94. The van der Waals surface area contributed by atoms with Gasteiger partial charge in [0, 0.05) is 35.9 Å². The van der Waals surface area contributed by atoms with Gasteiger partial charge in [-0.15, -0.1) is 0 Å². The number of rotatable bonds is 10. The number of methoxy groups -OCH3 is 2. The van der Waals surface area contributed by atoms with Crippen LogP contribution in [0.15, 0.2) is 48.0 Å². The molecule has 1 heterocycles. The SMILES string of the molecule is COc1ccc(C2C(=C(O)c3cccc([N+](=O)[O-])c3)C(=O)C(=O)N2CCOCCO)c(OC)c1. The molecule has 1 aliphatic rings. The van der Waals surface area contributed by atoms with Gasteiger partial charge in [-0.3, -0.25) is 19.7 Å². The van der Waals surface area contributed by atoms with Crippen LogP contribution in [0.5, 0.6) is 11.5 Å². The van der Waals surface area contributed by atoms with E-state index < -0.39 is 28.4 Å². The minimum absolute atomic E-state index is 0.0150. The Balaban J connectivity index is 2.17. The van der Waals surface area contributed by atoms with E-state index in [0.29, 0.717) is 17.1 Å². The standard InChI is InChI=1S/C23H24N2O9/c1-32-16-6-7-17(18(13-16)33-2)20-19(21(27)14-4-3-5-15(12-14)25(30)31)22(28)23(29)24(20)8-10-34-11-9-26/h3-7,12-13,20,26-27H,8-11H2,1-2H3. The van der Waals surface area contributed by atoms with Crippen LogP contribution < -0.4 is 9.47 Å². The number of nitro groups is 1. The number of aliphatic hydroxyl groups is 2. The zero-order chi connectivity index (χ0) is 24.8. The second-order valence-corrected chi connectivity index (χ2v) is 7.24. The molecule has 1 saturated heterocycles. The van der Waals surface area contributed by atoms with Crippen LogP contribution in [0.4, 0.5) is 5.69 Å².